The first-order valence-corrected chi connectivity index (χ1v) is 12.9. The number of rotatable bonds is 4. The van der Waals surface area contributed by atoms with Crippen molar-refractivity contribution >= 4 is 11.8 Å². The number of hydrogen-bond acceptors (Lipinski definition) is 3. The lowest BCUT2D eigenvalue weighted by Gasteiger charge is -2.41. The van der Waals surface area contributed by atoms with Crippen molar-refractivity contribution in [3.8, 4) is 5.75 Å². The minimum atomic E-state index is -4.34. The summed E-state index contributed by atoms with van der Waals surface area (Å²) in [6.07, 6.45) is 0.275. The zero-order chi connectivity index (χ0) is 25.5. The van der Waals surface area contributed by atoms with E-state index in [1.165, 1.54) is 10.5 Å². The van der Waals surface area contributed by atoms with E-state index in [2.05, 4.69) is 25.2 Å². The number of piperidine rings is 1. The number of nitrogens with one attached hydrogen (secondary N) is 1. The van der Waals surface area contributed by atoms with Gasteiger partial charge in [0.05, 0.1) is 17.9 Å². The third-order valence-corrected chi connectivity index (χ3v) is 7.28. The first-order valence-electron chi connectivity index (χ1n) is 12.9. The van der Waals surface area contributed by atoms with Gasteiger partial charge in [0.25, 0.3) is 0 Å². The van der Waals surface area contributed by atoms with Crippen LogP contribution in [0.1, 0.15) is 77.2 Å². The second-order valence-corrected chi connectivity index (χ2v) is 10.6. The monoisotopic (exact) mass is 496 g/mol. The quantitative estimate of drug-likeness (QED) is 0.585. The largest absolute Gasteiger partial charge is 0.491 e. The Morgan fingerprint density at radius 1 is 1.14 bits per heavy atom. The van der Waals surface area contributed by atoms with Crippen LogP contribution in [0, 0.1) is 11.3 Å². The number of ether oxygens (including phenoxy) is 1. The summed E-state index contributed by atoms with van der Waals surface area (Å²) in [5.74, 6) is 0.752. The molecular formula is C27H39F3N2O3. The van der Waals surface area contributed by atoms with Gasteiger partial charge in [0, 0.05) is 19.5 Å². The molecule has 0 unspecified atom stereocenters. The zero-order valence-electron chi connectivity index (χ0n) is 21.0. The molecule has 0 radical (unpaired) electrons. The summed E-state index contributed by atoms with van der Waals surface area (Å²) in [6.45, 7) is 5.25. The lowest BCUT2D eigenvalue weighted by molar-refractivity contribution is -0.151. The summed E-state index contributed by atoms with van der Waals surface area (Å²) < 4.78 is 43.8. The summed E-state index contributed by atoms with van der Waals surface area (Å²) in [7, 11) is 0. The molecule has 1 aromatic carbocycles. The van der Waals surface area contributed by atoms with Crippen LogP contribution in [-0.2, 0) is 16.0 Å². The van der Waals surface area contributed by atoms with Crippen LogP contribution in [0.3, 0.4) is 0 Å². The standard InChI is InChI=1S/C27H39F3N2O3/c1-20(2)18-22-19-35-23-10-6-5-9-21(23)8-4-3-7-12-26(25(34)31-22)14-16-32(17-15-26)24(33)11-13-27(28,29)30/h5-6,9-10,20,22H,3-4,7-8,11-19H2,1-2H3,(H,31,34)/t22-/m0/s1. The molecule has 8 heteroatoms. The van der Waals surface area contributed by atoms with Gasteiger partial charge in [0.2, 0.25) is 11.8 Å². The van der Waals surface area contributed by atoms with Crippen LogP contribution in [0.2, 0.25) is 0 Å². The number of benzene rings is 1. The van der Waals surface area contributed by atoms with Gasteiger partial charge in [-0.25, -0.2) is 0 Å². The molecule has 2 aliphatic rings. The molecule has 3 rings (SSSR count). The normalized spacial score (nSPS) is 21.8. The van der Waals surface area contributed by atoms with Crippen molar-refractivity contribution in [2.75, 3.05) is 19.7 Å². The summed E-state index contributed by atoms with van der Waals surface area (Å²) in [4.78, 5) is 27.5. The number of nitrogens with zero attached hydrogens (tertiary/aromatic N) is 1. The number of carbonyl (C=O) groups excluding carboxylic acids is 2. The van der Waals surface area contributed by atoms with Crippen LogP contribution < -0.4 is 10.1 Å². The third kappa shape index (κ3) is 8.14. The molecule has 1 fully saturated rings. The predicted molar refractivity (Wildman–Crippen MR) is 129 cm³/mol. The summed E-state index contributed by atoms with van der Waals surface area (Å²) in [6, 6.07) is 7.92. The Labute approximate surface area is 206 Å². The maximum atomic E-state index is 13.6. The number of amides is 2. The predicted octanol–water partition coefficient (Wildman–Crippen LogP) is 5.66. The Morgan fingerprint density at radius 3 is 2.54 bits per heavy atom. The highest BCUT2D eigenvalue weighted by Gasteiger charge is 2.42. The Morgan fingerprint density at radius 2 is 1.86 bits per heavy atom. The molecular weight excluding hydrogens is 457 g/mol. The highest BCUT2D eigenvalue weighted by atomic mass is 19.4. The number of alkyl halides is 3. The van der Waals surface area contributed by atoms with Gasteiger partial charge in [0.15, 0.2) is 0 Å². The van der Waals surface area contributed by atoms with Crippen molar-refractivity contribution < 1.29 is 27.5 Å². The molecule has 2 amide bonds. The molecule has 0 saturated carbocycles. The van der Waals surface area contributed by atoms with E-state index in [-0.39, 0.29) is 11.9 Å². The number of aryl methyl sites for hydroxylation is 1. The van der Waals surface area contributed by atoms with E-state index in [0.717, 1.165) is 44.3 Å². The maximum Gasteiger partial charge on any atom is 0.389 e. The second kappa shape index (κ2) is 12.1. The van der Waals surface area contributed by atoms with E-state index in [9.17, 15) is 22.8 Å². The van der Waals surface area contributed by atoms with Crippen molar-refractivity contribution in [1.82, 2.24) is 10.2 Å². The molecule has 0 aliphatic carbocycles. The molecule has 1 aromatic rings. The maximum absolute atomic E-state index is 13.6. The van der Waals surface area contributed by atoms with Gasteiger partial charge in [-0.15, -0.1) is 0 Å². The molecule has 1 atom stereocenters. The molecule has 0 bridgehead atoms. The van der Waals surface area contributed by atoms with Crippen LogP contribution in [0.15, 0.2) is 24.3 Å². The summed E-state index contributed by atoms with van der Waals surface area (Å²) >= 11 is 0. The lowest BCUT2D eigenvalue weighted by atomic mass is 9.73. The summed E-state index contributed by atoms with van der Waals surface area (Å²) in [5.41, 5.74) is 0.582. The molecule has 2 heterocycles. The van der Waals surface area contributed by atoms with Crippen molar-refractivity contribution in [3.05, 3.63) is 29.8 Å². The van der Waals surface area contributed by atoms with Gasteiger partial charge in [-0.3, -0.25) is 9.59 Å². The minimum absolute atomic E-state index is 0.0123. The van der Waals surface area contributed by atoms with Crippen molar-refractivity contribution in [3.63, 3.8) is 0 Å². The number of para-hydroxylation sites is 1. The van der Waals surface area contributed by atoms with Crippen molar-refractivity contribution in [1.29, 1.82) is 0 Å². The van der Waals surface area contributed by atoms with Crippen LogP contribution in [0.5, 0.6) is 5.75 Å². The van der Waals surface area contributed by atoms with E-state index < -0.39 is 30.3 Å². The zero-order valence-corrected chi connectivity index (χ0v) is 21.0. The average Bonchev–Trinajstić information content (AvgIpc) is 2.81. The molecule has 1 spiro atoms. The number of hydrogen-bond donors (Lipinski definition) is 1. The van der Waals surface area contributed by atoms with Gasteiger partial charge in [0.1, 0.15) is 12.4 Å². The number of fused-ring (bicyclic) bond motifs is 1. The molecule has 0 aromatic heterocycles. The van der Waals surface area contributed by atoms with Crippen LogP contribution >= 0.6 is 0 Å². The van der Waals surface area contributed by atoms with Crippen LogP contribution in [-0.4, -0.2) is 48.6 Å². The van der Waals surface area contributed by atoms with Crippen molar-refractivity contribution in [2.45, 2.75) is 90.3 Å². The Bertz CT molecular complexity index is 848. The molecule has 35 heavy (non-hydrogen) atoms. The first-order chi connectivity index (χ1) is 16.6. The fourth-order valence-electron chi connectivity index (χ4n) is 5.25. The van der Waals surface area contributed by atoms with Gasteiger partial charge in [-0.1, -0.05) is 44.9 Å². The molecule has 2 aliphatic heterocycles. The molecule has 1 saturated heterocycles. The number of likely N-dealkylation sites (tertiary alicyclic amines) is 1. The van der Waals surface area contributed by atoms with E-state index in [1.807, 2.05) is 18.2 Å². The van der Waals surface area contributed by atoms with E-state index >= 15 is 0 Å². The van der Waals surface area contributed by atoms with Crippen LogP contribution in [0.25, 0.3) is 0 Å². The SMILES string of the molecule is CC(C)C[C@H]1COc2ccccc2CCCCCC2(CCN(C(=O)CCC(F)(F)F)CC2)C(=O)N1. The highest BCUT2D eigenvalue weighted by Crippen LogP contribution is 2.38. The molecule has 1 N–H and O–H groups in total. The first kappa shape index (κ1) is 27.3. The number of carbonyl (C=O) groups is 2. The average molecular weight is 497 g/mol. The Balaban J connectivity index is 1.71. The molecule has 196 valence electrons. The molecule has 5 nitrogen and oxygen atoms in total. The van der Waals surface area contributed by atoms with E-state index in [1.54, 1.807) is 0 Å². The van der Waals surface area contributed by atoms with Crippen molar-refractivity contribution in [2.24, 2.45) is 11.3 Å². The topological polar surface area (TPSA) is 58.6 Å². The fourth-order valence-corrected chi connectivity index (χ4v) is 5.25. The smallest absolute Gasteiger partial charge is 0.389 e. The highest BCUT2D eigenvalue weighted by molar-refractivity contribution is 5.84. The second-order valence-electron chi connectivity index (χ2n) is 10.6. The third-order valence-electron chi connectivity index (χ3n) is 7.28. The van der Waals surface area contributed by atoms with Gasteiger partial charge in [-0.2, -0.15) is 13.2 Å². The van der Waals surface area contributed by atoms with E-state index in [4.69, 9.17) is 4.74 Å². The lowest BCUT2D eigenvalue weighted by Crippen LogP contribution is -2.53. The van der Waals surface area contributed by atoms with E-state index in [0.29, 0.717) is 38.5 Å². The summed E-state index contributed by atoms with van der Waals surface area (Å²) in [5, 5.41) is 3.25. The Kier molecular flexibility index (Phi) is 9.47. The van der Waals surface area contributed by atoms with Crippen LogP contribution in [0.4, 0.5) is 13.2 Å². The number of halogens is 3. The van der Waals surface area contributed by atoms with Gasteiger partial charge in [-0.05, 0) is 56.1 Å². The van der Waals surface area contributed by atoms with Gasteiger partial charge >= 0.3 is 6.18 Å². The fraction of sp³-hybridized carbons (Fsp3) is 0.704. The van der Waals surface area contributed by atoms with Gasteiger partial charge < -0.3 is 15.0 Å². The Hall–Kier alpha value is -2.25. The minimum Gasteiger partial charge on any atom is -0.491 e.